The van der Waals surface area contributed by atoms with Gasteiger partial charge in [0.05, 0.1) is 22.4 Å². The van der Waals surface area contributed by atoms with Crippen LogP contribution in [0.4, 0.5) is 25.8 Å². The molecular formula is C20H17F2N3O5S2. The first kappa shape index (κ1) is 23.2. The van der Waals surface area contributed by atoms with Gasteiger partial charge in [-0.2, -0.15) is 0 Å². The molecule has 0 aliphatic heterocycles. The highest BCUT2D eigenvalue weighted by molar-refractivity contribution is 7.92. The fraction of sp³-hybridized carbons (Fsp3) is 0.0500. The molecule has 0 unspecified atom stereocenters. The van der Waals surface area contributed by atoms with Gasteiger partial charge >= 0.3 is 0 Å². The minimum atomic E-state index is -4.16. The maximum atomic E-state index is 13.3. The van der Waals surface area contributed by atoms with Crippen LogP contribution in [0.1, 0.15) is 10.4 Å². The van der Waals surface area contributed by atoms with Crippen molar-refractivity contribution < 1.29 is 30.4 Å². The van der Waals surface area contributed by atoms with Crippen LogP contribution in [0.15, 0.2) is 71.6 Å². The largest absolute Gasteiger partial charge is 0.322 e. The van der Waals surface area contributed by atoms with Gasteiger partial charge in [0.15, 0.2) is 11.6 Å². The molecule has 0 heterocycles. The molecule has 0 aromatic heterocycles. The summed E-state index contributed by atoms with van der Waals surface area (Å²) in [4.78, 5) is 12.1. The summed E-state index contributed by atoms with van der Waals surface area (Å²) < 4.78 is 78.5. The van der Waals surface area contributed by atoms with Crippen molar-refractivity contribution in [1.82, 2.24) is 0 Å². The fourth-order valence-corrected chi connectivity index (χ4v) is 4.30. The summed E-state index contributed by atoms with van der Waals surface area (Å²) in [6.45, 7) is 0. The van der Waals surface area contributed by atoms with Gasteiger partial charge < -0.3 is 5.32 Å². The number of anilines is 3. The van der Waals surface area contributed by atoms with Crippen LogP contribution in [-0.4, -0.2) is 29.0 Å². The number of hydrogen-bond acceptors (Lipinski definition) is 5. The summed E-state index contributed by atoms with van der Waals surface area (Å²) in [5.74, 6) is -3.05. The predicted octanol–water partition coefficient (Wildman–Crippen LogP) is 3.39. The molecule has 1 amide bonds. The number of carbonyl (C=O) groups is 1. The molecule has 3 N–H and O–H groups in total. The lowest BCUT2D eigenvalue weighted by atomic mass is 10.1. The Labute approximate surface area is 183 Å². The Kier molecular flexibility index (Phi) is 6.46. The standard InChI is InChI=1S/C20H17F2N3O5S2/c1-31(27,28)25-19-5-3-2-4-16(19)20(26)23-13-6-8-14(9-7-13)24-32(29,30)15-10-11-17(21)18(22)12-15/h2-12,24-25H,1H3,(H,23,26). The zero-order chi connectivity index (χ0) is 23.5. The normalized spacial score (nSPS) is 11.6. The molecule has 0 radical (unpaired) electrons. The molecule has 3 rings (SSSR count). The molecule has 0 aliphatic rings. The third-order valence-electron chi connectivity index (χ3n) is 4.06. The van der Waals surface area contributed by atoms with Gasteiger partial charge in [-0.15, -0.1) is 0 Å². The molecule has 8 nitrogen and oxygen atoms in total. The van der Waals surface area contributed by atoms with E-state index in [1.165, 1.54) is 36.4 Å². The maximum absolute atomic E-state index is 13.3. The van der Waals surface area contributed by atoms with Gasteiger partial charge in [0.25, 0.3) is 15.9 Å². The zero-order valence-corrected chi connectivity index (χ0v) is 18.1. The molecule has 32 heavy (non-hydrogen) atoms. The molecule has 0 spiro atoms. The predicted molar refractivity (Wildman–Crippen MR) is 116 cm³/mol. The summed E-state index contributed by atoms with van der Waals surface area (Å²) in [5, 5.41) is 2.58. The van der Waals surface area contributed by atoms with E-state index in [1.807, 2.05) is 0 Å². The number of halogens is 2. The molecular weight excluding hydrogens is 464 g/mol. The van der Waals surface area contributed by atoms with Crippen LogP contribution in [0.3, 0.4) is 0 Å². The monoisotopic (exact) mass is 481 g/mol. The molecule has 0 atom stereocenters. The Morgan fingerprint density at radius 3 is 2.03 bits per heavy atom. The van der Waals surface area contributed by atoms with Crippen molar-refractivity contribution in [2.75, 3.05) is 21.0 Å². The fourth-order valence-electron chi connectivity index (χ4n) is 2.65. The molecule has 3 aromatic rings. The van der Waals surface area contributed by atoms with Crippen molar-refractivity contribution in [1.29, 1.82) is 0 Å². The number of sulfonamides is 2. The van der Waals surface area contributed by atoms with E-state index in [0.717, 1.165) is 12.3 Å². The lowest BCUT2D eigenvalue weighted by Gasteiger charge is -2.12. The summed E-state index contributed by atoms with van der Waals surface area (Å²) in [6.07, 6.45) is 0.960. The van der Waals surface area contributed by atoms with Gasteiger partial charge in [0.2, 0.25) is 10.0 Å². The average molecular weight is 482 g/mol. The maximum Gasteiger partial charge on any atom is 0.261 e. The molecule has 0 bridgehead atoms. The highest BCUT2D eigenvalue weighted by Crippen LogP contribution is 2.22. The quantitative estimate of drug-likeness (QED) is 0.478. The summed E-state index contributed by atoms with van der Waals surface area (Å²) in [6, 6.07) is 13.7. The van der Waals surface area contributed by atoms with Gasteiger partial charge in [0, 0.05) is 11.4 Å². The minimum Gasteiger partial charge on any atom is -0.322 e. The lowest BCUT2D eigenvalue weighted by Crippen LogP contribution is -2.17. The number of carbonyl (C=O) groups excluding carboxylic acids is 1. The van der Waals surface area contributed by atoms with Crippen LogP contribution in [0.5, 0.6) is 0 Å². The van der Waals surface area contributed by atoms with E-state index >= 15 is 0 Å². The van der Waals surface area contributed by atoms with E-state index in [9.17, 15) is 30.4 Å². The van der Waals surface area contributed by atoms with Crippen molar-refractivity contribution in [3.8, 4) is 0 Å². The average Bonchev–Trinajstić information content (AvgIpc) is 2.70. The first-order valence-electron chi connectivity index (χ1n) is 8.91. The van der Waals surface area contributed by atoms with Gasteiger partial charge in [-0.1, -0.05) is 12.1 Å². The third kappa shape index (κ3) is 5.80. The van der Waals surface area contributed by atoms with Gasteiger partial charge in [-0.05, 0) is 54.6 Å². The van der Waals surface area contributed by atoms with E-state index in [4.69, 9.17) is 0 Å². The smallest absolute Gasteiger partial charge is 0.261 e. The number of benzene rings is 3. The van der Waals surface area contributed by atoms with Crippen molar-refractivity contribution in [3.05, 3.63) is 83.9 Å². The summed E-state index contributed by atoms with van der Waals surface area (Å²) >= 11 is 0. The van der Waals surface area contributed by atoms with Crippen molar-refractivity contribution in [3.63, 3.8) is 0 Å². The molecule has 0 fully saturated rings. The molecule has 168 valence electrons. The molecule has 0 aliphatic carbocycles. The summed E-state index contributed by atoms with van der Waals surface area (Å²) in [7, 11) is -7.76. The van der Waals surface area contributed by atoms with Gasteiger partial charge in [-0.25, -0.2) is 25.6 Å². The molecule has 3 aromatic carbocycles. The second-order valence-electron chi connectivity index (χ2n) is 6.63. The number of nitrogens with one attached hydrogen (secondary N) is 3. The molecule has 0 saturated heterocycles. The summed E-state index contributed by atoms with van der Waals surface area (Å²) in [5.41, 5.74) is 0.608. The zero-order valence-electron chi connectivity index (χ0n) is 16.5. The first-order chi connectivity index (χ1) is 14.9. The highest BCUT2D eigenvalue weighted by Gasteiger charge is 2.17. The highest BCUT2D eigenvalue weighted by atomic mass is 32.2. The third-order valence-corrected chi connectivity index (χ3v) is 6.03. The second-order valence-corrected chi connectivity index (χ2v) is 10.1. The van der Waals surface area contributed by atoms with Crippen LogP contribution >= 0.6 is 0 Å². The van der Waals surface area contributed by atoms with Crippen molar-refractivity contribution in [2.24, 2.45) is 0 Å². The molecule has 0 saturated carbocycles. The Morgan fingerprint density at radius 2 is 1.41 bits per heavy atom. The van der Waals surface area contributed by atoms with E-state index in [0.29, 0.717) is 17.8 Å². The van der Waals surface area contributed by atoms with Crippen LogP contribution in [0.2, 0.25) is 0 Å². The SMILES string of the molecule is CS(=O)(=O)Nc1ccccc1C(=O)Nc1ccc(NS(=O)(=O)c2ccc(F)c(F)c2)cc1. The minimum absolute atomic E-state index is 0.0843. The topological polar surface area (TPSA) is 121 Å². The number of para-hydroxylation sites is 1. The van der Waals surface area contributed by atoms with E-state index in [2.05, 4.69) is 14.8 Å². The Hall–Kier alpha value is -3.51. The van der Waals surface area contributed by atoms with Crippen molar-refractivity contribution >= 4 is 43.0 Å². The van der Waals surface area contributed by atoms with E-state index in [1.54, 1.807) is 12.1 Å². The van der Waals surface area contributed by atoms with E-state index in [-0.39, 0.29) is 16.9 Å². The van der Waals surface area contributed by atoms with Gasteiger partial charge in [-0.3, -0.25) is 14.2 Å². The Bertz CT molecular complexity index is 1380. The van der Waals surface area contributed by atoms with E-state index < -0.39 is 42.5 Å². The van der Waals surface area contributed by atoms with Crippen LogP contribution in [0, 0.1) is 11.6 Å². The Morgan fingerprint density at radius 1 is 0.781 bits per heavy atom. The number of amides is 1. The Balaban J connectivity index is 1.74. The first-order valence-corrected chi connectivity index (χ1v) is 12.3. The van der Waals surface area contributed by atoms with Crippen LogP contribution in [0.25, 0.3) is 0 Å². The second kappa shape index (κ2) is 8.93. The van der Waals surface area contributed by atoms with Crippen LogP contribution < -0.4 is 14.8 Å². The molecule has 12 heteroatoms. The number of rotatable bonds is 7. The van der Waals surface area contributed by atoms with Crippen molar-refractivity contribution in [2.45, 2.75) is 4.90 Å². The lowest BCUT2D eigenvalue weighted by molar-refractivity contribution is 0.102. The number of hydrogen-bond donors (Lipinski definition) is 3. The van der Waals surface area contributed by atoms with Crippen LogP contribution in [-0.2, 0) is 20.0 Å². The van der Waals surface area contributed by atoms with Gasteiger partial charge in [0.1, 0.15) is 0 Å².